The molecule has 1 N–H and O–H groups in total. The van der Waals surface area contributed by atoms with Crippen LogP contribution in [0.5, 0.6) is 0 Å². The summed E-state index contributed by atoms with van der Waals surface area (Å²) in [5.74, 6) is 0. The summed E-state index contributed by atoms with van der Waals surface area (Å²) in [6.07, 6.45) is 1.12. The second-order valence-electron chi connectivity index (χ2n) is 5.04. The zero-order valence-corrected chi connectivity index (χ0v) is 14.4. The van der Waals surface area contributed by atoms with Crippen LogP contribution in [0.4, 0.5) is 0 Å². The number of nitrogens with one attached hydrogen (secondary N) is 1. The number of hydrogen-bond donors (Lipinski definition) is 1. The van der Waals surface area contributed by atoms with Crippen LogP contribution in [0.3, 0.4) is 0 Å². The molecule has 1 nitrogen and oxygen atoms in total. The van der Waals surface area contributed by atoms with Crippen molar-refractivity contribution in [3.05, 3.63) is 57.0 Å². The minimum atomic E-state index is 0.329. The van der Waals surface area contributed by atoms with E-state index in [2.05, 4.69) is 31.3 Å². The highest BCUT2D eigenvalue weighted by molar-refractivity contribution is 6.41. The zero-order chi connectivity index (χ0) is 15.4. The Morgan fingerprint density at radius 1 is 1.00 bits per heavy atom. The van der Waals surface area contributed by atoms with Crippen molar-refractivity contribution in [2.45, 2.75) is 26.3 Å². The van der Waals surface area contributed by atoms with Crippen molar-refractivity contribution in [1.29, 1.82) is 0 Å². The molecule has 2 aromatic carbocycles. The van der Waals surface area contributed by atoms with E-state index < -0.39 is 0 Å². The summed E-state index contributed by atoms with van der Waals surface area (Å²) in [6.45, 7) is 5.33. The predicted octanol–water partition coefficient (Wildman–Crippen LogP) is 6.37. The maximum absolute atomic E-state index is 6.26. The molecule has 0 bridgehead atoms. The first kappa shape index (κ1) is 16.6. The average Bonchev–Trinajstić information content (AvgIpc) is 2.44. The van der Waals surface area contributed by atoms with Crippen molar-refractivity contribution in [3.8, 4) is 11.1 Å². The van der Waals surface area contributed by atoms with Crippen molar-refractivity contribution in [2.75, 3.05) is 6.54 Å². The van der Waals surface area contributed by atoms with E-state index in [1.807, 2.05) is 12.1 Å². The molecule has 0 aromatic heterocycles. The SMILES string of the molecule is CCCNC(C)c1ccc(-c2c(Cl)cc(Cl)cc2Cl)cc1. The van der Waals surface area contributed by atoms with E-state index in [-0.39, 0.29) is 0 Å². The highest BCUT2D eigenvalue weighted by Crippen LogP contribution is 2.37. The van der Waals surface area contributed by atoms with E-state index in [9.17, 15) is 0 Å². The van der Waals surface area contributed by atoms with Crippen molar-refractivity contribution in [1.82, 2.24) is 5.32 Å². The van der Waals surface area contributed by atoms with Crippen LogP contribution in [0.1, 0.15) is 31.9 Å². The molecule has 0 fully saturated rings. The molecule has 1 atom stereocenters. The van der Waals surface area contributed by atoms with Gasteiger partial charge in [-0.25, -0.2) is 0 Å². The van der Waals surface area contributed by atoms with E-state index >= 15 is 0 Å². The van der Waals surface area contributed by atoms with Gasteiger partial charge in [0, 0.05) is 16.6 Å². The summed E-state index contributed by atoms with van der Waals surface area (Å²) in [5, 5.41) is 5.15. The topological polar surface area (TPSA) is 12.0 Å². The lowest BCUT2D eigenvalue weighted by molar-refractivity contribution is 0.571. The van der Waals surface area contributed by atoms with Crippen LogP contribution in [0.25, 0.3) is 11.1 Å². The molecule has 21 heavy (non-hydrogen) atoms. The molecule has 112 valence electrons. The summed E-state index contributed by atoms with van der Waals surface area (Å²) >= 11 is 18.5. The van der Waals surface area contributed by atoms with E-state index in [0.29, 0.717) is 21.1 Å². The first-order chi connectivity index (χ1) is 10.0. The van der Waals surface area contributed by atoms with Gasteiger partial charge >= 0.3 is 0 Å². The number of benzene rings is 2. The summed E-state index contributed by atoms with van der Waals surface area (Å²) in [7, 11) is 0. The Morgan fingerprint density at radius 3 is 2.10 bits per heavy atom. The molecule has 2 rings (SSSR count). The van der Waals surface area contributed by atoms with Gasteiger partial charge in [-0.3, -0.25) is 0 Å². The number of halogens is 3. The Hall–Kier alpha value is -0.730. The lowest BCUT2D eigenvalue weighted by atomic mass is 10.0. The Kier molecular flexibility index (Phi) is 5.95. The number of hydrogen-bond acceptors (Lipinski definition) is 1. The third-order valence-electron chi connectivity index (χ3n) is 3.41. The molecule has 0 saturated carbocycles. The molecule has 0 heterocycles. The van der Waals surface area contributed by atoms with Gasteiger partial charge in [-0.15, -0.1) is 0 Å². The largest absolute Gasteiger partial charge is 0.310 e. The van der Waals surface area contributed by atoms with E-state index in [4.69, 9.17) is 34.8 Å². The van der Waals surface area contributed by atoms with E-state index in [1.165, 1.54) is 5.56 Å². The number of rotatable bonds is 5. The first-order valence-electron chi connectivity index (χ1n) is 7.01. The Bertz CT molecular complexity index is 585. The molecule has 4 heteroatoms. The summed E-state index contributed by atoms with van der Waals surface area (Å²) in [4.78, 5) is 0. The van der Waals surface area contributed by atoms with Crippen molar-refractivity contribution < 1.29 is 0 Å². The van der Waals surface area contributed by atoms with Crippen LogP contribution in [0.2, 0.25) is 15.1 Å². The first-order valence-corrected chi connectivity index (χ1v) is 8.14. The fourth-order valence-electron chi connectivity index (χ4n) is 2.24. The van der Waals surface area contributed by atoms with Crippen molar-refractivity contribution >= 4 is 34.8 Å². The Balaban J connectivity index is 2.27. The van der Waals surface area contributed by atoms with Gasteiger partial charge in [-0.05, 0) is 43.1 Å². The quantitative estimate of drug-likeness (QED) is 0.665. The minimum Gasteiger partial charge on any atom is -0.310 e. The highest BCUT2D eigenvalue weighted by Gasteiger charge is 2.11. The van der Waals surface area contributed by atoms with Gasteiger partial charge in [-0.1, -0.05) is 66.0 Å². The standard InChI is InChI=1S/C17H18Cl3N/c1-3-8-21-11(2)12-4-6-13(7-5-12)17-15(19)9-14(18)10-16(17)20/h4-7,9-11,21H,3,8H2,1-2H3. The fraction of sp³-hybridized carbons (Fsp3) is 0.294. The Labute approximate surface area is 141 Å². The second-order valence-corrected chi connectivity index (χ2v) is 6.29. The molecule has 0 aliphatic heterocycles. The molecular weight excluding hydrogens is 325 g/mol. The van der Waals surface area contributed by atoms with Gasteiger partial charge in [0.15, 0.2) is 0 Å². The maximum Gasteiger partial charge on any atom is 0.0514 e. The lowest BCUT2D eigenvalue weighted by Gasteiger charge is -2.15. The smallest absolute Gasteiger partial charge is 0.0514 e. The van der Waals surface area contributed by atoms with Crippen LogP contribution in [0, 0.1) is 0 Å². The lowest BCUT2D eigenvalue weighted by Crippen LogP contribution is -2.19. The normalized spacial score (nSPS) is 12.4. The van der Waals surface area contributed by atoms with Crippen molar-refractivity contribution in [2.24, 2.45) is 0 Å². The fourth-order valence-corrected chi connectivity index (χ4v) is 3.27. The van der Waals surface area contributed by atoms with Gasteiger partial charge in [-0.2, -0.15) is 0 Å². The van der Waals surface area contributed by atoms with Crippen LogP contribution < -0.4 is 5.32 Å². The third-order valence-corrected chi connectivity index (χ3v) is 4.22. The predicted molar refractivity (Wildman–Crippen MR) is 93.6 cm³/mol. The van der Waals surface area contributed by atoms with Crippen LogP contribution in [0.15, 0.2) is 36.4 Å². The molecule has 0 amide bonds. The molecule has 1 unspecified atom stereocenters. The van der Waals surface area contributed by atoms with Gasteiger partial charge in [0.1, 0.15) is 0 Å². The summed E-state index contributed by atoms with van der Waals surface area (Å²) in [5.41, 5.74) is 3.06. The van der Waals surface area contributed by atoms with Crippen molar-refractivity contribution in [3.63, 3.8) is 0 Å². The Morgan fingerprint density at radius 2 is 1.57 bits per heavy atom. The average molecular weight is 343 g/mol. The summed E-state index contributed by atoms with van der Waals surface area (Å²) < 4.78 is 0. The molecule has 0 aliphatic rings. The van der Waals surface area contributed by atoms with Gasteiger partial charge < -0.3 is 5.32 Å². The monoisotopic (exact) mass is 341 g/mol. The maximum atomic E-state index is 6.26. The van der Waals surface area contributed by atoms with Crippen LogP contribution in [-0.2, 0) is 0 Å². The highest BCUT2D eigenvalue weighted by atomic mass is 35.5. The van der Waals surface area contributed by atoms with Gasteiger partial charge in [0.2, 0.25) is 0 Å². The molecule has 0 aliphatic carbocycles. The van der Waals surface area contributed by atoms with Gasteiger partial charge in [0.25, 0.3) is 0 Å². The summed E-state index contributed by atoms with van der Waals surface area (Å²) in [6, 6.07) is 12.0. The molecule has 2 aromatic rings. The van der Waals surface area contributed by atoms with E-state index in [0.717, 1.165) is 24.1 Å². The zero-order valence-electron chi connectivity index (χ0n) is 12.1. The van der Waals surface area contributed by atoms with E-state index in [1.54, 1.807) is 12.1 Å². The van der Waals surface area contributed by atoms with Crippen LogP contribution in [-0.4, -0.2) is 6.54 Å². The molecule has 0 spiro atoms. The molecule has 0 radical (unpaired) electrons. The second kappa shape index (κ2) is 7.51. The molecule has 0 saturated heterocycles. The van der Waals surface area contributed by atoms with Gasteiger partial charge in [0.05, 0.1) is 10.0 Å². The minimum absolute atomic E-state index is 0.329. The third kappa shape index (κ3) is 4.14. The molecular formula is C17H18Cl3N. The van der Waals surface area contributed by atoms with Crippen LogP contribution >= 0.6 is 34.8 Å².